The van der Waals surface area contributed by atoms with Gasteiger partial charge < -0.3 is 5.11 Å². The van der Waals surface area contributed by atoms with Crippen LogP contribution in [-0.4, -0.2) is 32.5 Å². The molecule has 2 amide bonds. The molecule has 33 heavy (non-hydrogen) atoms. The average molecular weight is 465 g/mol. The topological polar surface area (TPSA) is 82.1 Å². The quantitative estimate of drug-likeness (QED) is 0.414. The van der Waals surface area contributed by atoms with Crippen molar-refractivity contribution in [3.05, 3.63) is 70.6 Å². The summed E-state index contributed by atoms with van der Waals surface area (Å²) in [4.78, 5) is 28.2. The number of amides is 2. The Kier molecular flexibility index (Phi) is 6.08. The first-order chi connectivity index (χ1) is 15.8. The van der Waals surface area contributed by atoms with Crippen LogP contribution in [0.2, 0.25) is 5.02 Å². The molecule has 0 radical (unpaired) electrons. The van der Waals surface area contributed by atoms with Crippen molar-refractivity contribution in [2.75, 3.05) is 0 Å². The molecule has 1 aliphatic rings. The van der Waals surface area contributed by atoms with Crippen LogP contribution in [0.5, 0.6) is 5.88 Å². The van der Waals surface area contributed by atoms with Crippen LogP contribution in [0.15, 0.2) is 48.8 Å². The molecule has 0 unspecified atom stereocenters. The highest BCUT2D eigenvalue weighted by Gasteiger charge is 2.47. The lowest BCUT2D eigenvalue weighted by atomic mass is 10.0. The number of carbonyl (C=O) groups excluding carboxylic acids is 2. The molecule has 170 valence electrons. The standard InChI is InChI=1S/C25H25ClN4O3/c1-5-16-9-8-12-28(14-16)22-21(23(31)29(15(3)4)25(22)33)20-19(6-2)27-30(24(20)32)18-11-7-10-17(26)13-18/h7-15H,5-6H2,1-4H3. The molecule has 0 atom stereocenters. The predicted octanol–water partition coefficient (Wildman–Crippen LogP) is 3.16. The Labute approximate surface area is 197 Å². The molecule has 3 aromatic rings. The van der Waals surface area contributed by atoms with E-state index < -0.39 is 17.7 Å². The van der Waals surface area contributed by atoms with Crippen molar-refractivity contribution in [1.29, 1.82) is 0 Å². The summed E-state index contributed by atoms with van der Waals surface area (Å²) in [6.07, 6.45) is 4.72. The molecule has 0 bridgehead atoms. The molecular formula is C25H25ClN4O3. The Morgan fingerprint density at radius 2 is 1.85 bits per heavy atom. The number of aryl methyl sites for hydroxylation is 2. The van der Waals surface area contributed by atoms with Gasteiger partial charge in [0.1, 0.15) is 5.57 Å². The molecule has 3 heterocycles. The zero-order valence-electron chi connectivity index (χ0n) is 19.0. The van der Waals surface area contributed by atoms with Crippen molar-refractivity contribution >= 4 is 34.7 Å². The van der Waals surface area contributed by atoms with Gasteiger partial charge in [0, 0.05) is 28.3 Å². The molecule has 0 saturated carbocycles. The largest absolute Gasteiger partial charge is 0.858 e. The fraction of sp³-hybridized carbons (Fsp3) is 0.280. The average Bonchev–Trinajstić information content (AvgIpc) is 3.25. The highest BCUT2D eigenvalue weighted by molar-refractivity contribution is 6.45. The van der Waals surface area contributed by atoms with Crippen molar-refractivity contribution in [3.63, 3.8) is 0 Å². The Morgan fingerprint density at radius 3 is 2.48 bits per heavy atom. The molecule has 0 N–H and O–H groups in total. The summed E-state index contributed by atoms with van der Waals surface area (Å²) in [5.41, 5.74) is 2.35. The van der Waals surface area contributed by atoms with Crippen LogP contribution in [0.1, 0.15) is 44.5 Å². The number of hydrogen-bond donors (Lipinski definition) is 0. The van der Waals surface area contributed by atoms with E-state index in [9.17, 15) is 14.7 Å². The van der Waals surface area contributed by atoms with E-state index >= 15 is 0 Å². The van der Waals surface area contributed by atoms with Crippen molar-refractivity contribution in [2.45, 2.75) is 46.6 Å². The second-order valence-electron chi connectivity index (χ2n) is 8.14. The third-order valence-corrected chi connectivity index (χ3v) is 5.92. The molecule has 0 saturated heterocycles. The summed E-state index contributed by atoms with van der Waals surface area (Å²) in [6, 6.07) is 10.2. The first kappa shape index (κ1) is 22.7. The van der Waals surface area contributed by atoms with Gasteiger partial charge in [0.05, 0.1) is 11.4 Å². The molecule has 4 rings (SSSR count). The summed E-state index contributed by atoms with van der Waals surface area (Å²) in [5, 5.41) is 18.6. The Morgan fingerprint density at radius 1 is 1.09 bits per heavy atom. The smallest absolute Gasteiger partial charge is 0.327 e. The summed E-state index contributed by atoms with van der Waals surface area (Å²) < 4.78 is 2.89. The number of imide groups is 1. The van der Waals surface area contributed by atoms with Gasteiger partial charge in [0.2, 0.25) is 0 Å². The fourth-order valence-corrected chi connectivity index (χ4v) is 4.25. The van der Waals surface area contributed by atoms with Crippen LogP contribution >= 0.6 is 11.6 Å². The first-order valence-corrected chi connectivity index (χ1v) is 11.3. The lowest BCUT2D eigenvalue weighted by molar-refractivity contribution is -0.577. The fourth-order valence-electron chi connectivity index (χ4n) is 4.07. The zero-order chi connectivity index (χ0) is 23.9. The summed E-state index contributed by atoms with van der Waals surface area (Å²) in [5.74, 6) is -1.38. The van der Waals surface area contributed by atoms with Crippen LogP contribution < -0.4 is 9.67 Å². The van der Waals surface area contributed by atoms with Crippen molar-refractivity contribution in [2.24, 2.45) is 0 Å². The first-order valence-electron chi connectivity index (χ1n) is 11.0. The Bertz CT molecular complexity index is 1290. The molecule has 2 aromatic heterocycles. The zero-order valence-corrected chi connectivity index (χ0v) is 19.8. The van der Waals surface area contributed by atoms with Gasteiger partial charge in [-0.15, -0.1) is 0 Å². The number of benzene rings is 1. The number of halogens is 1. The molecule has 1 aromatic carbocycles. The number of pyridine rings is 1. The van der Waals surface area contributed by atoms with Gasteiger partial charge in [-0.05, 0) is 56.8 Å². The summed E-state index contributed by atoms with van der Waals surface area (Å²) >= 11 is 6.12. The highest BCUT2D eigenvalue weighted by atomic mass is 35.5. The van der Waals surface area contributed by atoms with E-state index in [0.717, 1.165) is 12.0 Å². The van der Waals surface area contributed by atoms with Gasteiger partial charge in [-0.25, -0.2) is 4.68 Å². The molecule has 0 spiro atoms. The van der Waals surface area contributed by atoms with Crippen LogP contribution in [0.4, 0.5) is 0 Å². The van der Waals surface area contributed by atoms with E-state index in [4.69, 9.17) is 11.6 Å². The van der Waals surface area contributed by atoms with Crippen LogP contribution in [-0.2, 0) is 22.4 Å². The number of carbonyl (C=O) groups is 2. The summed E-state index contributed by atoms with van der Waals surface area (Å²) in [7, 11) is 0. The maximum atomic E-state index is 13.6. The van der Waals surface area contributed by atoms with E-state index in [1.165, 1.54) is 9.58 Å². The van der Waals surface area contributed by atoms with Gasteiger partial charge in [-0.1, -0.05) is 31.5 Å². The second-order valence-corrected chi connectivity index (χ2v) is 8.58. The van der Waals surface area contributed by atoms with Crippen LogP contribution in [0, 0.1) is 0 Å². The van der Waals surface area contributed by atoms with Gasteiger partial charge in [0.25, 0.3) is 11.6 Å². The summed E-state index contributed by atoms with van der Waals surface area (Å²) in [6.45, 7) is 7.42. The Balaban J connectivity index is 2.02. The molecule has 1 aliphatic heterocycles. The number of rotatable bonds is 6. The minimum Gasteiger partial charge on any atom is -0.858 e. The molecule has 7 nitrogen and oxygen atoms in total. The maximum absolute atomic E-state index is 13.6. The van der Waals surface area contributed by atoms with Crippen molar-refractivity contribution in [3.8, 4) is 11.6 Å². The molecule has 0 fully saturated rings. The molecular weight excluding hydrogens is 440 g/mol. The maximum Gasteiger partial charge on any atom is 0.327 e. The SMILES string of the molecule is CCc1ccc[n+](C2=C(c3c(CC)nn(-c4cccc(Cl)c4)c3[O-])C(=O)N(C(C)C)C2=O)c1. The molecule has 0 aliphatic carbocycles. The van der Waals surface area contributed by atoms with Crippen molar-refractivity contribution in [1.82, 2.24) is 14.7 Å². The van der Waals surface area contributed by atoms with E-state index in [-0.39, 0.29) is 22.9 Å². The highest BCUT2D eigenvalue weighted by Crippen LogP contribution is 2.37. The monoisotopic (exact) mass is 464 g/mol. The minimum atomic E-state index is -0.489. The van der Waals surface area contributed by atoms with E-state index in [0.29, 0.717) is 22.8 Å². The number of nitrogens with zero attached hydrogens (tertiary/aromatic N) is 4. The number of hydrogen-bond acceptors (Lipinski definition) is 4. The minimum absolute atomic E-state index is 0.0853. The lowest BCUT2D eigenvalue weighted by Crippen LogP contribution is -2.42. The predicted molar refractivity (Wildman–Crippen MR) is 124 cm³/mol. The normalized spacial score (nSPS) is 14.2. The van der Waals surface area contributed by atoms with Crippen LogP contribution in [0.3, 0.4) is 0 Å². The third kappa shape index (κ3) is 3.82. The van der Waals surface area contributed by atoms with Gasteiger partial charge >= 0.3 is 5.91 Å². The second kappa shape index (κ2) is 8.83. The Hall–Kier alpha value is -3.45. The van der Waals surface area contributed by atoms with Crippen molar-refractivity contribution < 1.29 is 19.3 Å². The van der Waals surface area contributed by atoms with E-state index in [2.05, 4.69) is 5.10 Å². The van der Waals surface area contributed by atoms with Crippen LogP contribution in [0.25, 0.3) is 17.0 Å². The van der Waals surface area contributed by atoms with Gasteiger partial charge in [0.15, 0.2) is 12.4 Å². The van der Waals surface area contributed by atoms with Gasteiger partial charge in [-0.2, -0.15) is 9.67 Å². The van der Waals surface area contributed by atoms with E-state index in [1.807, 2.05) is 32.2 Å². The van der Waals surface area contributed by atoms with E-state index in [1.54, 1.807) is 48.9 Å². The molecule has 8 heteroatoms. The van der Waals surface area contributed by atoms with Gasteiger partial charge in [-0.3, -0.25) is 14.5 Å². The lowest BCUT2D eigenvalue weighted by Gasteiger charge is -2.18. The third-order valence-electron chi connectivity index (χ3n) is 5.69. The number of aromatic nitrogens is 3.